The number of nitriles is 1. The van der Waals surface area contributed by atoms with Crippen molar-refractivity contribution in [3.05, 3.63) is 0 Å². The van der Waals surface area contributed by atoms with Crippen LogP contribution in [0.15, 0.2) is 0 Å². The highest BCUT2D eigenvalue weighted by Gasteiger charge is 2.44. The van der Waals surface area contributed by atoms with Crippen molar-refractivity contribution < 1.29 is 14.3 Å². The van der Waals surface area contributed by atoms with Gasteiger partial charge in [0.2, 0.25) is 5.91 Å². The van der Waals surface area contributed by atoms with Gasteiger partial charge in [-0.2, -0.15) is 5.26 Å². The number of aliphatic hydroxyl groups excluding tert-OH is 1. The molecule has 2 aliphatic heterocycles. The first-order valence-electron chi connectivity index (χ1n) is 9.78. The van der Waals surface area contributed by atoms with Crippen LogP contribution < -0.4 is 5.32 Å². The highest BCUT2D eigenvalue weighted by atomic mass is 19.1. The predicted octanol–water partition coefficient (Wildman–Crippen LogP) is 0.910. The first-order chi connectivity index (χ1) is 12.3. The fourth-order valence-electron chi connectivity index (χ4n) is 4.87. The van der Waals surface area contributed by atoms with Gasteiger partial charge in [-0.05, 0) is 30.6 Å². The molecule has 0 aromatic rings. The monoisotopic (exact) mass is 366 g/mol. The van der Waals surface area contributed by atoms with Gasteiger partial charge in [-0.15, -0.1) is 0 Å². The second-order valence-corrected chi connectivity index (χ2v) is 8.76. The Bertz CT molecular complexity index is 564. The number of nitrogens with zero attached hydrogens (tertiary/aromatic N) is 3. The van der Waals surface area contributed by atoms with Crippen molar-refractivity contribution in [2.45, 2.75) is 63.9 Å². The lowest BCUT2D eigenvalue weighted by Gasteiger charge is -2.36. The van der Waals surface area contributed by atoms with Crippen molar-refractivity contribution in [3.63, 3.8) is 0 Å². The zero-order chi connectivity index (χ0) is 18.9. The predicted molar refractivity (Wildman–Crippen MR) is 96.0 cm³/mol. The standard InChI is InChI=1S/C19H31FN4O2/c1-19(2)13(10-23-6-5-16(25)12-23)3-4-17(19)22-9-18(26)24-11-14(20)7-15(24)8-21/h13-17,22,25H,3-7,9-12H2,1-2H3/t13-,14+,15+,16-,17-/m1/s1. The van der Waals surface area contributed by atoms with E-state index < -0.39 is 12.2 Å². The molecule has 146 valence electrons. The molecule has 5 atom stereocenters. The number of carbonyl (C=O) groups excluding carboxylic acids is 1. The second-order valence-electron chi connectivity index (χ2n) is 8.76. The van der Waals surface area contributed by atoms with Gasteiger partial charge < -0.3 is 20.2 Å². The third-order valence-corrected chi connectivity index (χ3v) is 6.70. The number of aliphatic hydroxyl groups is 1. The normalized spacial score (nSPS) is 37.2. The molecule has 3 aliphatic rings. The number of β-amino-alcohol motifs (C(OH)–C–C–N with tert-alkyl or cyclic N) is 1. The molecule has 0 aromatic carbocycles. The summed E-state index contributed by atoms with van der Waals surface area (Å²) in [5.74, 6) is 0.341. The molecule has 2 N–H and O–H groups in total. The SMILES string of the molecule is CC1(C)[C@@H](CN2CC[C@@H](O)C2)CC[C@H]1NCC(=O)N1C[C@@H](F)C[C@H]1C#N. The highest BCUT2D eigenvalue weighted by Crippen LogP contribution is 2.43. The number of hydrogen-bond donors (Lipinski definition) is 2. The smallest absolute Gasteiger partial charge is 0.237 e. The summed E-state index contributed by atoms with van der Waals surface area (Å²) in [6.07, 6.45) is 1.80. The van der Waals surface area contributed by atoms with Gasteiger partial charge in [0.1, 0.15) is 12.2 Å². The quantitative estimate of drug-likeness (QED) is 0.756. The first kappa shape index (κ1) is 19.5. The van der Waals surface area contributed by atoms with Gasteiger partial charge in [-0.3, -0.25) is 4.79 Å². The van der Waals surface area contributed by atoms with Gasteiger partial charge in [0.25, 0.3) is 0 Å². The van der Waals surface area contributed by atoms with Crippen LogP contribution in [-0.4, -0.2) is 77.9 Å². The summed E-state index contributed by atoms with van der Waals surface area (Å²) in [5, 5.41) is 22.2. The lowest BCUT2D eigenvalue weighted by atomic mass is 9.78. The van der Waals surface area contributed by atoms with Gasteiger partial charge >= 0.3 is 0 Å². The Morgan fingerprint density at radius 2 is 2.12 bits per heavy atom. The maximum absolute atomic E-state index is 13.5. The van der Waals surface area contributed by atoms with Crippen LogP contribution in [-0.2, 0) is 4.79 Å². The van der Waals surface area contributed by atoms with E-state index in [2.05, 4.69) is 24.1 Å². The topological polar surface area (TPSA) is 79.6 Å². The van der Waals surface area contributed by atoms with Crippen LogP contribution in [0.2, 0.25) is 0 Å². The van der Waals surface area contributed by atoms with Crippen molar-refractivity contribution in [3.8, 4) is 6.07 Å². The number of rotatable bonds is 5. The van der Waals surface area contributed by atoms with Crippen molar-refractivity contribution in [1.82, 2.24) is 15.1 Å². The molecule has 0 aromatic heterocycles. The Labute approximate surface area is 155 Å². The molecule has 3 rings (SSSR count). The molecule has 2 saturated heterocycles. The molecule has 1 saturated carbocycles. The fourth-order valence-corrected chi connectivity index (χ4v) is 4.87. The molecule has 3 fully saturated rings. The van der Waals surface area contributed by atoms with E-state index >= 15 is 0 Å². The number of alkyl halides is 1. The zero-order valence-corrected chi connectivity index (χ0v) is 15.8. The van der Waals surface area contributed by atoms with Gasteiger partial charge in [0.05, 0.1) is 25.3 Å². The average Bonchev–Trinajstić information content (AvgIpc) is 3.24. The molecule has 7 heteroatoms. The number of likely N-dealkylation sites (tertiary alicyclic amines) is 2. The summed E-state index contributed by atoms with van der Waals surface area (Å²) in [6, 6.07) is 1.63. The van der Waals surface area contributed by atoms with Crippen LogP contribution in [0.3, 0.4) is 0 Å². The van der Waals surface area contributed by atoms with Gasteiger partial charge in [-0.1, -0.05) is 13.8 Å². The van der Waals surface area contributed by atoms with Crippen LogP contribution in [0.5, 0.6) is 0 Å². The number of carbonyl (C=O) groups is 1. The fraction of sp³-hybridized carbons (Fsp3) is 0.895. The summed E-state index contributed by atoms with van der Waals surface area (Å²) in [4.78, 5) is 16.2. The molecule has 0 unspecified atom stereocenters. The average molecular weight is 366 g/mol. The molecule has 2 heterocycles. The van der Waals surface area contributed by atoms with Crippen LogP contribution in [0.1, 0.15) is 39.5 Å². The Kier molecular flexibility index (Phi) is 5.85. The van der Waals surface area contributed by atoms with Crippen molar-refractivity contribution in [2.24, 2.45) is 11.3 Å². The van der Waals surface area contributed by atoms with Crippen LogP contribution in [0, 0.1) is 22.7 Å². The van der Waals surface area contributed by atoms with E-state index in [0.29, 0.717) is 5.92 Å². The molecule has 0 radical (unpaired) electrons. The molecule has 6 nitrogen and oxygen atoms in total. The molecule has 26 heavy (non-hydrogen) atoms. The lowest BCUT2D eigenvalue weighted by Crippen LogP contribution is -2.48. The third-order valence-electron chi connectivity index (χ3n) is 6.70. The zero-order valence-electron chi connectivity index (χ0n) is 15.8. The highest BCUT2D eigenvalue weighted by molar-refractivity contribution is 5.79. The van der Waals surface area contributed by atoms with Gasteiger partial charge in [0, 0.05) is 32.1 Å². The summed E-state index contributed by atoms with van der Waals surface area (Å²) in [6.45, 7) is 7.39. The Morgan fingerprint density at radius 3 is 2.77 bits per heavy atom. The molecule has 0 spiro atoms. The second kappa shape index (κ2) is 7.79. The molecule has 0 bridgehead atoms. The summed E-state index contributed by atoms with van der Waals surface area (Å²) in [7, 11) is 0. The molecule has 1 aliphatic carbocycles. The van der Waals surface area contributed by atoms with Gasteiger partial charge in [0.15, 0.2) is 0 Å². The Morgan fingerprint density at radius 1 is 1.35 bits per heavy atom. The van der Waals surface area contributed by atoms with E-state index in [-0.39, 0.29) is 43.0 Å². The van der Waals surface area contributed by atoms with Crippen LogP contribution in [0.4, 0.5) is 4.39 Å². The molecular weight excluding hydrogens is 335 g/mol. The van der Waals surface area contributed by atoms with E-state index in [4.69, 9.17) is 5.26 Å². The van der Waals surface area contributed by atoms with Crippen LogP contribution in [0.25, 0.3) is 0 Å². The first-order valence-corrected chi connectivity index (χ1v) is 9.78. The van der Waals surface area contributed by atoms with Crippen molar-refractivity contribution in [1.29, 1.82) is 5.26 Å². The summed E-state index contributed by atoms with van der Waals surface area (Å²) in [5.41, 5.74) is 0.0517. The number of amides is 1. The molecule has 1 amide bonds. The molecular formula is C19H31FN4O2. The Balaban J connectivity index is 1.51. The van der Waals surface area contributed by atoms with Crippen molar-refractivity contribution >= 4 is 5.91 Å². The van der Waals surface area contributed by atoms with Crippen molar-refractivity contribution in [2.75, 3.05) is 32.7 Å². The number of nitrogens with one attached hydrogen (secondary N) is 1. The lowest BCUT2D eigenvalue weighted by molar-refractivity contribution is -0.130. The van der Waals surface area contributed by atoms with E-state index in [0.717, 1.165) is 38.9 Å². The maximum Gasteiger partial charge on any atom is 0.237 e. The van der Waals surface area contributed by atoms with E-state index in [9.17, 15) is 14.3 Å². The van der Waals surface area contributed by atoms with Gasteiger partial charge in [-0.25, -0.2) is 4.39 Å². The number of hydrogen-bond acceptors (Lipinski definition) is 5. The maximum atomic E-state index is 13.5. The van der Waals surface area contributed by atoms with Crippen LogP contribution >= 0.6 is 0 Å². The van der Waals surface area contributed by atoms with E-state index in [1.54, 1.807) is 0 Å². The minimum atomic E-state index is -1.09. The minimum absolute atomic E-state index is 0.0344. The van der Waals surface area contributed by atoms with E-state index in [1.165, 1.54) is 4.90 Å². The largest absolute Gasteiger partial charge is 0.392 e. The Hall–Kier alpha value is -1.23. The summed E-state index contributed by atoms with van der Waals surface area (Å²) < 4.78 is 13.5. The van der Waals surface area contributed by atoms with E-state index in [1.807, 2.05) is 6.07 Å². The third kappa shape index (κ3) is 4.03. The summed E-state index contributed by atoms with van der Waals surface area (Å²) >= 11 is 0. The number of halogens is 1. The minimum Gasteiger partial charge on any atom is -0.392 e.